The van der Waals surface area contributed by atoms with Crippen molar-refractivity contribution in [1.29, 1.82) is 0 Å². The number of carboxylic acid groups (broad SMARTS) is 1. The van der Waals surface area contributed by atoms with E-state index in [1.807, 2.05) is 6.92 Å². The van der Waals surface area contributed by atoms with Gasteiger partial charge in [-0.1, -0.05) is 13.3 Å². The van der Waals surface area contributed by atoms with E-state index in [1.165, 1.54) is 19.3 Å². The highest BCUT2D eigenvalue weighted by molar-refractivity contribution is 5.67. The average Bonchev–Trinajstić information content (AvgIpc) is 2.29. The van der Waals surface area contributed by atoms with Crippen molar-refractivity contribution in [2.75, 3.05) is 19.6 Å². The molecule has 0 aromatic rings. The Morgan fingerprint density at radius 1 is 1.53 bits per heavy atom. The minimum atomic E-state index is -0.699. The highest BCUT2D eigenvalue weighted by Gasteiger charge is 2.21. The largest absolute Gasteiger partial charge is 0.481 e. The molecule has 0 aromatic carbocycles. The normalized spacial score (nSPS) is 22.6. The van der Waals surface area contributed by atoms with E-state index in [9.17, 15) is 4.79 Å². The summed E-state index contributed by atoms with van der Waals surface area (Å²) in [4.78, 5) is 13.1. The molecule has 0 spiro atoms. The first-order chi connectivity index (χ1) is 8.13. The molecule has 0 saturated carbocycles. The Morgan fingerprint density at radius 2 is 2.29 bits per heavy atom. The van der Waals surface area contributed by atoms with Gasteiger partial charge in [-0.05, 0) is 39.3 Å². The van der Waals surface area contributed by atoms with Crippen LogP contribution in [0.3, 0.4) is 0 Å². The zero-order valence-corrected chi connectivity index (χ0v) is 11.1. The minimum Gasteiger partial charge on any atom is -0.481 e. The molecule has 0 aromatic heterocycles. The SMILES string of the molecule is CCCN(CC1CCCCN1)C(C)CC(=O)O. The van der Waals surface area contributed by atoms with Crippen LogP contribution in [0.5, 0.6) is 0 Å². The smallest absolute Gasteiger partial charge is 0.304 e. The maximum Gasteiger partial charge on any atom is 0.304 e. The number of hydrogen-bond acceptors (Lipinski definition) is 3. The van der Waals surface area contributed by atoms with Crippen LogP contribution in [-0.4, -0.2) is 47.7 Å². The molecule has 1 saturated heterocycles. The summed E-state index contributed by atoms with van der Waals surface area (Å²) in [6.45, 7) is 7.26. The summed E-state index contributed by atoms with van der Waals surface area (Å²) in [5, 5.41) is 12.4. The predicted octanol–water partition coefficient (Wildman–Crippen LogP) is 1.70. The van der Waals surface area contributed by atoms with Gasteiger partial charge in [-0.2, -0.15) is 0 Å². The van der Waals surface area contributed by atoms with Crippen LogP contribution in [0.2, 0.25) is 0 Å². The lowest BCUT2D eigenvalue weighted by atomic mass is 10.0. The first-order valence-electron chi connectivity index (χ1n) is 6.82. The van der Waals surface area contributed by atoms with Crippen LogP contribution in [0.1, 0.15) is 46.0 Å². The number of piperidine rings is 1. The molecule has 2 unspecified atom stereocenters. The van der Waals surface area contributed by atoms with E-state index in [-0.39, 0.29) is 12.5 Å². The lowest BCUT2D eigenvalue weighted by Gasteiger charge is -2.33. The molecule has 1 fully saturated rings. The Labute approximate surface area is 104 Å². The first kappa shape index (κ1) is 14.5. The van der Waals surface area contributed by atoms with E-state index in [1.54, 1.807) is 0 Å². The Kier molecular flexibility index (Phi) is 6.52. The summed E-state index contributed by atoms with van der Waals surface area (Å²) in [6, 6.07) is 0.683. The Balaban J connectivity index is 2.42. The van der Waals surface area contributed by atoms with E-state index in [0.717, 1.165) is 26.1 Å². The average molecular weight is 242 g/mol. The van der Waals surface area contributed by atoms with Gasteiger partial charge in [0.2, 0.25) is 0 Å². The third kappa shape index (κ3) is 5.50. The second-order valence-electron chi connectivity index (χ2n) is 5.09. The van der Waals surface area contributed by atoms with E-state index in [0.29, 0.717) is 6.04 Å². The van der Waals surface area contributed by atoms with Gasteiger partial charge in [0.1, 0.15) is 0 Å². The van der Waals surface area contributed by atoms with Gasteiger partial charge in [0, 0.05) is 18.6 Å². The van der Waals surface area contributed by atoms with Gasteiger partial charge < -0.3 is 10.4 Å². The van der Waals surface area contributed by atoms with Crippen molar-refractivity contribution in [2.24, 2.45) is 0 Å². The molecule has 2 N–H and O–H groups in total. The van der Waals surface area contributed by atoms with Gasteiger partial charge in [0.25, 0.3) is 0 Å². The Bertz CT molecular complexity index is 227. The molecule has 1 rings (SSSR count). The fraction of sp³-hybridized carbons (Fsp3) is 0.923. The highest BCUT2D eigenvalue weighted by Crippen LogP contribution is 2.12. The number of aliphatic carboxylic acids is 1. The quantitative estimate of drug-likeness (QED) is 0.713. The maximum absolute atomic E-state index is 10.8. The predicted molar refractivity (Wildman–Crippen MR) is 69.2 cm³/mol. The van der Waals surface area contributed by atoms with Crippen molar-refractivity contribution in [3.63, 3.8) is 0 Å². The van der Waals surface area contributed by atoms with Crippen LogP contribution in [0.25, 0.3) is 0 Å². The third-order valence-corrected chi connectivity index (χ3v) is 3.47. The monoisotopic (exact) mass is 242 g/mol. The fourth-order valence-electron chi connectivity index (χ4n) is 2.52. The van der Waals surface area contributed by atoms with Crippen molar-refractivity contribution in [1.82, 2.24) is 10.2 Å². The molecule has 100 valence electrons. The number of carbonyl (C=O) groups is 1. The molecule has 1 aliphatic rings. The molecule has 1 heterocycles. The lowest BCUT2D eigenvalue weighted by molar-refractivity contribution is -0.138. The molecule has 4 heteroatoms. The van der Waals surface area contributed by atoms with Gasteiger partial charge >= 0.3 is 5.97 Å². The molecular weight excluding hydrogens is 216 g/mol. The molecule has 0 amide bonds. The molecule has 0 aliphatic carbocycles. The summed E-state index contributed by atoms with van der Waals surface area (Å²) in [7, 11) is 0. The van der Waals surface area contributed by atoms with Gasteiger partial charge in [0.15, 0.2) is 0 Å². The standard InChI is InChI=1S/C13H26N2O2/c1-3-8-15(11(2)9-13(16)17)10-12-6-4-5-7-14-12/h11-12,14H,3-10H2,1-2H3,(H,16,17). The first-order valence-corrected chi connectivity index (χ1v) is 6.82. The minimum absolute atomic E-state index is 0.135. The summed E-state index contributed by atoms with van der Waals surface area (Å²) in [6.07, 6.45) is 5.11. The highest BCUT2D eigenvalue weighted by atomic mass is 16.4. The summed E-state index contributed by atoms with van der Waals surface area (Å²) < 4.78 is 0. The molecule has 4 nitrogen and oxygen atoms in total. The Hall–Kier alpha value is -0.610. The molecular formula is C13H26N2O2. The van der Waals surface area contributed by atoms with Crippen molar-refractivity contribution >= 4 is 5.97 Å². The van der Waals surface area contributed by atoms with E-state index < -0.39 is 5.97 Å². The van der Waals surface area contributed by atoms with Crippen LogP contribution >= 0.6 is 0 Å². The topological polar surface area (TPSA) is 52.6 Å². The zero-order valence-electron chi connectivity index (χ0n) is 11.1. The van der Waals surface area contributed by atoms with Crippen molar-refractivity contribution in [3.05, 3.63) is 0 Å². The van der Waals surface area contributed by atoms with Crippen LogP contribution in [0.15, 0.2) is 0 Å². The number of nitrogens with zero attached hydrogens (tertiary/aromatic N) is 1. The Morgan fingerprint density at radius 3 is 2.82 bits per heavy atom. The van der Waals surface area contributed by atoms with Gasteiger partial charge in [-0.3, -0.25) is 9.69 Å². The summed E-state index contributed by atoms with van der Waals surface area (Å²) in [5.74, 6) is -0.699. The van der Waals surface area contributed by atoms with E-state index >= 15 is 0 Å². The van der Waals surface area contributed by atoms with Crippen molar-refractivity contribution < 1.29 is 9.90 Å². The zero-order chi connectivity index (χ0) is 12.7. The van der Waals surface area contributed by atoms with Crippen molar-refractivity contribution in [3.8, 4) is 0 Å². The van der Waals surface area contributed by atoms with Gasteiger partial charge in [0.05, 0.1) is 6.42 Å². The summed E-state index contributed by atoms with van der Waals surface area (Å²) >= 11 is 0. The van der Waals surface area contributed by atoms with Gasteiger partial charge in [-0.15, -0.1) is 0 Å². The second kappa shape index (κ2) is 7.67. The number of rotatable bonds is 7. The van der Waals surface area contributed by atoms with Crippen LogP contribution in [0, 0.1) is 0 Å². The number of hydrogen-bond donors (Lipinski definition) is 2. The van der Waals surface area contributed by atoms with E-state index in [2.05, 4.69) is 17.1 Å². The molecule has 17 heavy (non-hydrogen) atoms. The second-order valence-corrected chi connectivity index (χ2v) is 5.09. The molecule has 1 aliphatic heterocycles. The lowest BCUT2D eigenvalue weighted by Crippen LogP contribution is -2.47. The summed E-state index contributed by atoms with van der Waals surface area (Å²) in [5.41, 5.74) is 0. The fourth-order valence-corrected chi connectivity index (χ4v) is 2.52. The number of nitrogens with one attached hydrogen (secondary N) is 1. The van der Waals surface area contributed by atoms with Crippen LogP contribution in [-0.2, 0) is 4.79 Å². The molecule has 0 bridgehead atoms. The third-order valence-electron chi connectivity index (χ3n) is 3.47. The maximum atomic E-state index is 10.8. The van der Waals surface area contributed by atoms with Crippen LogP contribution < -0.4 is 5.32 Å². The van der Waals surface area contributed by atoms with E-state index in [4.69, 9.17) is 5.11 Å². The van der Waals surface area contributed by atoms with Gasteiger partial charge in [-0.25, -0.2) is 0 Å². The molecule has 0 radical (unpaired) electrons. The molecule has 2 atom stereocenters. The van der Waals surface area contributed by atoms with Crippen molar-refractivity contribution in [2.45, 2.75) is 58.0 Å². The van der Waals surface area contributed by atoms with Crippen LogP contribution in [0.4, 0.5) is 0 Å². The number of carboxylic acids is 1.